The first-order valence-corrected chi connectivity index (χ1v) is 5.33. The zero-order valence-electron chi connectivity index (χ0n) is 8.01. The largest absolute Gasteiger partial charge is 0.218 e. The van der Waals surface area contributed by atoms with Crippen molar-refractivity contribution in [2.24, 2.45) is 0 Å². The average molecular weight is 202 g/mol. The van der Waals surface area contributed by atoms with Gasteiger partial charge >= 0.3 is 0 Å². The molecule has 0 aromatic rings. The summed E-state index contributed by atoms with van der Waals surface area (Å²) in [5.74, 6) is 0. The maximum atomic E-state index is 10.0. The van der Waals surface area contributed by atoms with E-state index >= 15 is 0 Å². The molecule has 0 fully saturated rings. The molecule has 3 nitrogen and oxygen atoms in total. The van der Waals surface area contributed by atoms with E-state index < -0.39 is 10.9 Å². The van der Waals surface area contributed by atoms with Gasteiger partial charge in [0.1, 0.15) is 0 Å². The molecule has 0 rings (SSSR count). The van der Waals surface area contributed by atoms with Crippen LogP contribution in [0.1, 0.15) is 39.0 Å². The summed E-state index contributed by atoms with van der Waals surface area (Å²) in [5.41, 5.74) is 0. The summed E-state index contributed by atoms with van der Waals surface area (Å²) in [7, 11) is -2.37. The van der Waals surface area contributed by atoms with Gasteiger partial charge in [0.2, 0.25) is 10.9 Å². The van der Waals surface area contributed by atoms with Gasteiger partial charge in [0.05, 0.1) is 0 Å². The topological polar surface area (TPSA) is 46.2 Å². The van der Waals surface area contributed by atoms with Crippen molar-refractivity contribution >= 4 is 40.4 Å². The van der Waals surface area contributed by atoms with Gasteiger partial charge in [-0.15, -0.1) is 0 Å². The first-order chi connectivity index (χ1) is 5.27. The van der Waals surface area contributed by atoms with Crippen LogP contribution in [0.2, 0.25) is 0 Å². The molecule has 1 radical (unpaired) electrons. The molecule has 0 aliphatic rings. The molecule has 0 aliphatic carbocycles. The number of hydrogen-bond acceptors (Lipinski definition) is 2. The Labute approximate surface area is 98.7 Å². The van der Waals surface area contributed by atoms with Crippen LogP contribution in [0.5, 0.6) is 0 Å². The van der Waals surface area contributed by atoms with Crippen LogP contribution in [0.25, 0.3) is 0 Å². The van der Waals surface area contributed by atoms with Gasteiger partial charge in [0.15, 0.2) is 0 Å². The molecular formula is C7H17NNaO2S. The van der Waals surface area contributed by atoms with Gasteiger partial charge in [-0.05, 0) is 6.42 Å². The quantitative estimate of drug-likeness (QED) is 0.362. The molecule has 69 valence electrons. The fourth-order valence-electron chi connectivity index (χ4n) is 0.899. The van der Waals surface area contributed by atoms with Crippen LogP contribution in [0.3, 0.4) is 0 Å². The monoisotopic (exact) mass is 202 g/mol. The summed E-state index contributed by atoms with van der Waals surface area (Å²) in [6.07, 6.45) is 5.79. The number of hydrogen-bond donors (Lipinski definition) is 2. The molecule has 1 N–H and O–H groups in total. The van der Waals surface area contributed by atoms with Crippen LogP contribution < -0.4 is 4.72 Å². The third-order valence-electron chi connectivity index (χ3n) is 1.52. The molecule has 0 heterocycles. The van der Waals surface area contributed by atoms with Gasteiger partial charge in [0, 0.05) is 36.1 Å². The maximum Gasteiger partial charge on any atom is 0.201 e. The summed E-state index contributed by atoms with van der Waals surface area (Å²) in [6.45, 7) is 2.76. The molecular weight excluding hydrogens is 185 g/mol. The van der Waals surface area contributed by atoms with E-state index in [1.54, 1.807) is 0 Å². The summed E-state index contributed by atoms with van der Waals surface area (Å²) in [4.78, 5) is 0. The third kappa shape index (κ3) is 13.5. The minimum Gasteiger partial charge on any atom is -0.218 e. The Bertz CT molecular complexity index is 142. The SMILES string of the molecule is CCCCCCCN[SH](=O)=O.[Na]. The summed E-state index contributed by atoms with van der Waals surface area (Å²) in [6, 6.07) is 0. The van der Waals surface area contributed by atoms with Crippen LogP contribution in [0.15, 0.2) is 0 Å². The summed E-state index contributed by atoms with van der Waals surface area (Å²) < 4.78 is 22.4. The Kier molecular flexibility index (Phi) is 15.3. The van der Waals surface area contributed by atoms with Gasteiger partial charge in [-0.2, -0.15) is 0 Å². The van der Waals surface area contributed by atoms with Gasteiger partial charge in [-0.3, -0.25) is 0 Å². The Morgan fingerprint density at radius 2 is 1.67 bits per heavy atom. The number of nitrogens with one attached hydrogen (secondary N) is 1. The van der Waals surface area contributed by atoms with E-state index in [4.69, 9.17) is 0 Å². The number of unbranched alkanes of at least 4 members (excludes halogenated alkanes) is 4. The van der Waals surface area contributed by atoms with Crippen molar-refractivity contribution in [1.82, 2.24) is 4.72 Å². The fourth-order valence-corrected chi connectivity index (χ4v) is 1.24. The van der Waals surface area contributed by atoms with Crippen LogP contribution in [0, 0.1) is 0 Å². The molecule has 12 heavy (non-hydrogen) atoms. The fraction of sp³-hybridized carbons (Fsp3) is 1.00. The average Bonchev–Trinajstić information content (AvgIpc) is 1.96. The van der Waals surface area contributed by atoms with Crippen molar-refractivity contribution in [3.63, 3.8) is 0 Å². The van der Waals surface area contributed by atoms with Gasteiger partial charge in [-0.25, -0.2) is 13.1 Å². The molecule has 0 saturated carbocycles. The Balaban J connectivity index is 0. The molecule has 0 bridgehead atoms. The first-order valence-electron chi connectivity index (χ1n) is 4.15. The van der Waals surface area contributed by atoms with E-state index in [0.29, 0.717) is 6.54 Å². The smallest absolute Gasteiger partial charge is 0.201 e. The maximum absolute atomic E-state index is 10.0. The normalized spacial score (nSPS) is 9.83. The van der Waals surface area contributed by atoms with E-state index in [0.717, 1.165) is 12.8 Å². The Hall–Kier alpha value is 0.910. The Morgan fingerprint density at radius 3 is 2.17 bits per heavy atom. The van der Waals surface area contributed by atoms with Crippen molar-refractivity contribution < 1.29 is 8.42 Å². The molecule has 0 saturated heterocycles. The van der Waals surface area contributed by atoms with E-state index in [1.165, 1.54) is 19.3 Å². The minimum atomic E-state index is -2.37. The second-order valence-electron chi connectivity index (χ2n) is 2.58. The van der Waals surface area contributed by atoms with Crippen molar-refractivity contribution in [3.05, 3.63) is 0 Å². The van der Waals surface area contributed by atoms with Crippen molar-refractivity contribution in [3.8, 4) is 0 Å². The number of thiol groups is 1. The van der Waals surface area contributed by atoms with Gasteiger partial charge in [0.25, 0.3) is 0 Å². The van der Waals surface area contributed by atoms with Crippen molar-refractivity contribution in [1.29, 1.82) is 0 Å². The molecule has 0 aromatic carbocycles. The predicted molar refractivity (Wildman–Crippen MR) is 52.8 cm³/mol. The van der Waals surface area contributed by atoms with Crippen molar-refractivity contribution in [2.45, 2.75) is 39.0 Å². The summed E-state index contributed by atoms with van der Waals surface area (Å²) >= 11 is 0. The van der Waals surface area contributed by atoms with Crippen LogP contribution in [-0.4, -0.2) is 44.5 Å². The molecule has 0 unspecified atom stereocenters. The molecule has 0 amide bonds. The zero-order valence-corrected chi connectivity index (χ0v) is 10.9. The third-order valence-corrected chi connectivity index (χ3v) is 2.00. The van der Waals surface area contributed by atoms with E-state index in [9.17, 15) is 8.42 Å². The van der Waals surface area contributed by atoms with Crippen molar-refractivity contribution in [2.75, 3.05) is 6.54 Å². The molecule has 0 aliphatic heterocycles. The van der Waals surface area contributed by atoms with Gasteiger partial charge < -0.3 is 0 Å². The zero-order chi connectivity index (χ0) is 8.53. The molecule has 5 heteroatoms. The second kappa shape index (κ2) is 11.9. The van der Waals surface area contributed by atoms with E-state index in [1.807, 2.05) is 0 Å². The van der Waals surface area contributed by atoms with E-state index in [-0.39, 0.29) is 29.6 Å². The molecule has 0 spiro atoms. The van der Waals surface area contributed by atoms with Crippen LogP contribution in [0.4, 0.5) is 0 Å². The van der Waals surface area contributed by atoms with Crippen LogP contribution >= 0.6 is 0 Å². The minimum absolute atomic E-state index is 0. The number of rotatable bonds is 7. The Morgan fingerprint density at radius 1 is 1.08 bits per heavy atom. The van der Waals surface area contributed by atoms with E-state index in [2.05, 4.69) is 11.6 Å². The second-order valence-corrected chi connectivity index (χ2v) is 3.41. The molecule has 0 atom stereocenters. The predicted octanol–water partition coefficient (Wildman–Crippen LogP) is 0.692. The van der Waals surface area contributed by atoms with Gasteiger partial charge in [-0.1, -0.05) is 32.6 Å². The first kappa shape index (κ1) is 15.4. The summed E-state index contributed by atoms with van der Waals surface area (Å²) in [5, 5.41) is 0. The van der Waals surface area contributed by atoms with Crippen LogP contribution in [-0.2, 0) is 10.9 Å². The molecule has 0 aromatic heterocycles. The standard InChI is InChI=1S/C7H17NO2S.Na/c1-2-3-4-5-6-7-8-11(9)10;/h11H,2-7H2,1H3,(H,8,9,10);.